The van der Waals surface area contributed by atoms with Crippen LogP contribution in [0, 0.1) is 20.8 Å². The van der Waals surface area contributed by atoms with Crippen molar-refractivity contribution in [3.8, 4) is 11.5 Å². The van der Waals surface area contributed by atoms with E-state index in [2.05, 4.69) is 17.4 Å². The van der Waals surface area contributed by atoms with Gasteiger partial charge in [0.05, 0.1) is 14.2 Å². The molecular formula is C20H23NO3. The maximum absolute atomic E-state index is 12.2. The van der Waals surface area contributed by atoms with Crippen molar-refractivity contribution in [3.05, 3.63) is 58.7 Å². The van der Waals surface area contributed by atoms with Gasteiger partial charge in [0.25, 0.3) is 0 Å². The van der Waals surface area contributed by atoms with Gasteiger partial charge >= 0.3 is 0 Å². The lowest BCUT2D eigenvalue weighted by atomic mass is 10.1. The van der Waals surface area contributed by atoms with E-state index in [0.717, 1.165) is 22.4 Å². The summed E-state index contributed by atoms with van der Waals surface area (Å²) in [4.78, 5) is 12.2. The minimum Gasteiger partial charge on any atom is -0.497 e. The zero-order chi connectivity index (χ0) is 17.7. The Hall–Kier alpha value is -2.75. The van der Waals surface area contributed by atoms with Crippen molar-refractivity contribution in [2.24, 2.45) is 0 Å². The SMILES string of the molecule is COc1ccc(/C=C/C(=O)Nc2c(C)cc(C)cc2C)c(OC)c1. The highest BCUT2D eigenvalue weighted by Gasteiger charge is 2.07. The second-order valence-corrected chi connectivity index (χ2v) is 5.70. The first-order valence-corrected chi connectivity index (χ1v) is 7.73. The summed E-state index contributed by atoms with van der Waals surface area (Å²) in [6.07, 6.45) is 3.23. The first-order valence-electron chi connectivity index (χ1n) is 7.73. The van der Waals surface area contributed by atoms with Gasteiger partial charge in [0.1, 0.15) is 11.5 Å². The fourth-order valence-electron chi connectivity index (χ4n) is 2.66. The van der Waals surface area contributed by atoms with Crippen molar-refractivity contribution >= 4 is 17.7 Å². The number of ether oxygens (including phenoxy) is 2. The maximum atomic E-state index is 12.2. The molecule has 2 aromatic rings. The molecule has 0 atom stereocenters. The first kappa shape index (κ1) is 17.6. The van der Waals surface area contributed by atoms with E-state index in [1.54, 1.807) is 26.4 Å². The smallest absolute Gasteiger partial charge is 0.248 e. The summed E-state index contributed by atoms with van der Waals surface area (Å²) in [5.74, 6) is 1.18. The largest absolute Gasteiger partial charge is 0.497 e. The lowest BCUT2D eigenvalue weighted by molar-refractivity contribution is -0.111. The quantitative estimate of drug-likeness (QED) is 0.835. The zero-order valence-corrected chi connectivity index (χ0v) is 14.8. The number of aryl methyl sites for hydroxylation is 3. The van der Waals surface area contributed by atoms with Crippen LogP contribution in [-0.2, 0) is 4.79 Å². The molecule has 1 amide bonds. The molecule has 0 fully saturated rings. The highest BCUT2D eigenvalue weighted by Crippen LogP contribution is 2.26. The van der Waals surface area contributed by atoms with Gasteiger partial charge in [-0.1, -0.05) is 17.7 Å². The van der Waals surface area contributed by atoms with Crippen LogP contribution in [0.4, 0.5) is 5.69 Å². The summed E-state index contributed by atoms with van der Waals surface area (Å²) in [6, 6.07) is 9.57. The summed E-state index contributed by atoms with van der Waals surface area (Å²) >= 11 is 0. The second kappa shape index (κ2) is 7.68. The number of benzene rings is 2. The van der Waals surface area contributed by atoms with Crippen LogP contribution in [0.25, 0.3) is 6.08 Å². The molecule has 2 aromatic carbocycles. The summed E-state index contributed by atoms with van der Waals surface area (Å²) in [5.41, 5.74) is 4.96. The highest BCUT2D eigenvalue weighted by atomic mass is 16.5. The van der Waals surface area contributed by atoms with Crippen LogP contribution in [0.5, 0.6) is 11.5 Å². The Bertz CT molecular complexity index is 755. The lowest BCUT2D eigenvalue weighted by Crippen LogP contribution is -2.10. The second-order valence-electron chi connectivity index (χ2n) is 5.70. The van der Waals surface area contributed by atoms with Crippen LogP contribution >= 0.6 is 0 Å². The maximum Gasteiger partial charge on any atom is 0.248 e. The molecule has 0 heterocycles. The number of rotatable bonds is 5. The Kier molecular flexibility index (Phi) is 5.64. The van der Waals surface area contributed by atoms with Gasteiger partial charge in [-0.3, -0.25) is 4.79 Å². The number of methoxy groups -OCH3 is 2. The standard InChI is InChI=1S/C20H23NO3/c1-13-10-14(2)20(15(3)11-13)21-19(22)9-7-16-6-8-17(23-4)12-18(16)24-5/h6-12H,1-5H3,(H,21,22)/b9-7+. The molecule has 4 heteroatoms. The van der Waals surface area contributed by atoms with Crippen LogP contribution in [0.3, 0.4) is 0 Å². The van der Waals surface area contributed by atoms with Crippen LogP contribution in [0.2, 0.25) is 0 Å². The van der Waals surface area contributed by atoms with E-state index >= 15 is 0 Å². The third kappa shape index (κ3) is 4.16. The highest BCUT2D eigenvalue weighted by molar-refractivity contribution is 6.03. The Balaban J connectivity index is 2.17. The van der Waals surface area contributed by atoms with Gasteiger partial charge < -0.3 is 14.8 Å². The van der Waals surface area contributed by atoms with Crippen molar-refractivity contribution in [2.45, 2.75) is 20.8 Å². The Morgan fingerprint density at radius 3 is 2.25 bits per heavy atom. The third-order valence-corrected chi connectivity index (χ3v) is 3.78. The van der Waals surface area contributed by atoms with Crippen LogP contribution < -0.4 is 14.8 Å². The van der Waals surface area contributed by atoms with Crippen LogP contribution in [0.15, 0.2) is 36.4 Å². The molecule has 0 aliphatic rings. The number of carbonyl (C=O) groups is 1. The number of anilines is 1. The molecule has 0 aromatic heterocycles. The van der Waals surface area contributed by atoms with Gasteiger partial charge in [-0.15, -0.1) is 0 Å². The van der Waals surface area contributed by atoms with E-state index in [4.69, 9.17) is 9.47 Å². The van der Waals surface area contributed by atoms with E-state index in [9.17, 15) is 4.79 Å². The van der Waals surface area contributed by atoms with Crippen molar-refractivity contribution < 1.29 is 14.3 Å². The topological polar surface area (TPSA) is 47.6 Å². The van der Waals surface area contributed by atoms with Crippen molar-refractivity contribution in [1.29, 1.82) is 0 Å². The van der Waals surface area contributed by atoms with Gasteiger partial charge in [-0.05, 0) is 50.1 Å². The number of amides is 1. The minimum atomic E-state index is -0.178. The zero-order valence-electron chi connectivity index (χ0n) is 14.8. The third-order valence-electron chi connectivity index (χ3n) is 3.78. The van der Waals surface area contributed by atoms with Crippen molar-refractivity contribution in [1.82, 2.24) is 0 Å². The molecule has 4 nitrogen and oxygen atoms in total. The van der Waals surface area contributed by atoms with E-state index < -0.39 is 0 Å². The summed E-state index contributed by atoms with van der Waals surface area (Å²) < 4.78 is 10.5. The molecule has 0 unspecified atom stereocenters. The minimum absolute atomic E-state index is 0.178. The van der Waals surface area contributed by atoms with E-state index in [1.165, 1.54) is 11.6 Å². The molecule has 126 valence electrons. The summed E-state index contributed by atoms with van der Waals surface area (Å²) in [5, 5.41) is 2.94. The molecule has 0 spiro atoms. The summed E-state index contributed by atoms with van der Waals surface area (Å²) in [6.45, 7) is 6.03. The molecule has 1 N–H and O–H groups in total. The number of hydrogen-bond acceptors (Lipinski definition) is 3. The van der Waals surface area contributed by atoms with Crippen LogP contribution in [-0.4, -0.2) is 20.1 Å². The van der Waals surface area contributed by atoms with Crippen molar-refractivity contribution in [2.75, 3.05) is 19.5 Å². The molecule has 2 rings (SSSR count). The van der Waals surface area contributed by atoms with E-state index in [1.807, 2.05) is 32.9 Å². The first-order chi connectivity index (χ1) is 11.4. The van der Waals surface area contributed by atoms with Crippen LogP contribution in [0.1, 0.15) is 22.3 Å². The number of hydrogen-bond donors (Lipinski definition) is 1. The summed E-state index contributed by atoms with van der Waals surface area (Å²) in [7, 11) is 3.19. The number of nitrogens with one attached hydrogen (secondary N) is 1. The fraction of sp³-hybridized carbons (Fsp3) is 0.250. The predicted molar refractivity (Wildman–Crippen MR) is 97.9 cm³/mol. The van der Waals surface area contributed by atoms with Gasteiger partial charge in [-0.25, -0.2) is 0 Å². The molecule has 0 aliphatic carbocycles. The molecular weight excluding hydrogens is 302 g/mol. The average Bonchev–Trinajstić information content (AvgIpc) is 2.56. The molecule has 0 saturated carbocycles. The lowest BCUT2D eigenvalue weighted by Gasteiger charge is -2.11. The van der Waals surface area contributed by atoms with Gasteiger partial charge in [0.2, 0.25) is 5.91 Å². The average molecular weight is 325 g/mol. The van der Waals surface area contributed by atoms with E-state index in [0.29, 0.717) is 11.5 Å². The van der Waals surface area contributed by atoms with Gasteiger partial charge in [-0.2, -0.15) is 0 Å². The molecule has 0 aliphatic heterocycles. The Morgan fingerprint density at radius 1 is 1.00 bits per heavy atom. The predicted octanol–water partition coefficient (Wildman–Crippen LogP) is 4.28. The molecule has 24 heavy (non-hydrogen) atoms. The Morgan fingerprint density at radius 2 is 1.67 bits per heavy atom. The van der Waals surface area contributed by atoms with Gasteiger partial charge in [0.15, 0.2) is 0 Å². The Labute approximate surface area is 143 Å². The van der Waals surface area contributed by atoms with Gasteiger partial charge in [0, 0.05) is 23.4 Å². The van der Waals surface area contributed by atoms with E-state index in [-0.39, 0.29) is 5.91 Å². The monoisotopic (exact) mass is 325 g/mol. The van der Waals surface area contributed by atoms with Crippen molar-refractivity contribution in [3.63, 3.8) is 0 Å². The molecule has 0 radical (unpaired) electrons. The number of carbonyl (C=O) groups excluding carboxylic acids is 1. The molecule has 0 bridgehead atoms. The molecule has 0 saturated heterocycles. The fourth-order valence-corrected chi connectivity index (χ4v) is 2.66. The normalized spacial score (nSPS) is 10.7.